The molecule has 0 saturated carbocycles. The number of likely N-dealkylation sites (tertiary alicyclic amines) is 1. The highest BCUT2D eigenvalue weighted by molar-refractivity contribution is 5.95. The minimum Gasteiger partial charge on any atom is -0.493 e. The number of ether oxygens (including phenoxy) is 5. The molecule has 2 aliphatic rings. The Balaban J connectivity index is 1.42. The van der Waals surface area contributed by atoms with Gasteiger partial charge in [0, 0.05) is 51.8 Å². The lowest BCUT2D eigenvalue weighted by Gasteiger charge is -2.49. The molecule has 1 amide bonds. The highest BCUT2D eigenvalue weighted by atomic mass is 16.5. The van der Waals surface area contributed by atoms with Crippen LogP contribution in [0.2, 0.25) is 0 Å². The molecule has 190 valence electrons. The van der Waals surface area contributed by atoms with Crippen LogP contribution < -0.4 is 14.4 Å². The molecule has 0 N–H and O–H groups in total. The van der Waals surface area contributed by atoms with E-state index >= 15 is 0 Å². The maximum absolute atomic E-state index is 13.3. The second-order valence-corrected chi connectivity index (χ2v) is 8.81. The predicted octanol–water partition coefficient (Wildman–Crippen LogP) is 2.04. The number of carbonyl (C=O) groups excluding carboxylic acids is 1. The van der Waals surface area contributed by atoms with Gasteiger partial charge in [-0.25, -0.2) is 9.97 Å². The monoisotopic (exact) mass is 486 g/mol. The molecule has 1 unspecified atom stereocenters. The third-order valence-corrected chi connectivity index (χ3v) is 6.42. The number of amides is 1. The minimum absolute atomic E-state index is 0.0332. The second-order valence-electron chi connectivity index (χ2n) is 8.81. The van der Waals surface area contributed by atoms with E-state index in [4.69, 9.17) is 23.7 Å². The van der Waals surface area contributed by atoms with Crippen molar-refractivity contribution in [3.8, 4) is 11.5 Å². The number of morpholine rings is 1. The number of anilines is 1. The van der Waals surface area contributed by atoms with Crippen LogP contribution in [0.15, 0.2) is 36.7 Å². The molecule has 0 aliphatic carbocycles. The van der Waals surface area contributed by atoms with Gasteiger partial charge in [0.15, 0.2) is 11.5 Å². The Kier molecular flexibility index (Phi) is 8.37. The number of hydrogen-bond donors (Lipinski definition) is 0. The van der Waals surface area contributed by atoms with Crippen LogP contribution in [0, 0.1) is 0 Å². The van der Waals surface area contributed by atoms with Crippen molar-refractivity contribution in [2.24, 2.45) is 0 Å². The summed E-state index contributed by atoms with van der Waals surface area (Å²) in [7, 11) is 4.86. The third-order valence-electron chi connectivity index (χ3n) is 6.42. The lowest BCUT2D eigenvalue weighted by Crippen LogP contribution is -2.61. The summed E-state index contributed by atoms with van der Waals surface area (Å²) >= 11 is 0. The van der Waals surface area contributed by atoms with Crippen LogP contribution in [0.4, 0.5) is 5.95 Å². The molecule has 35 heavy (non-hydrogen) atoms. The summed E-state index contributed by atoms with van der Waals surface area (Å²) in [6.45, 7) is 3.91. The van der Waals surface area contributed by atoms with E-state index < -0.39 is 0 Å². The van der Waals surface area contributed by atoms with Gasteiger partial charge in [0.05, 0.1) is 38.6 Å². The number of aromatic nitrogens is 2. The minimum atomic E-state index is -0.381. The first-order valence-corrected chi connectivity index (χ1v) is 11.9. The fraction of sp³-hybridized carbons (Fsp3) is 0.560. The van der Waals surface area contributed by atoms with Crippen LogP contribution in [0.1, 0.15) is 23.2 Å². The molecule has 2 saturated heterocycles. The van der Waals surface area contributed by atoms with Crippen LogP contribution in [-0.4, -0.2) is 99.8 Å². The maximum Gasteiger partial charge on any atom is 0.253 e. The lowest BCUT2D eigenvalue weighted by atomic mass is 9.88. The molecule has 0 radical (unpaired) electrons. The SMILES string of the molecule is COCCOc1ccc(C(=O)N2CCC3(CC2)CN(c2ncccn2)CC(COC)O3)cc1OC. The van der Waals surface area contributed by atoms with Gasteiger partial charge < -0.3 is 33.5 Å². The Bertz CT molecular complexity index is 968. The summed E-state index contributed by atoms with van der Waals surface area (Å²) in [4.78, 5) is 26.2. The zero-order valence-corrected chi connectivity index (χ0v) is 20.6. The predicted molar refractivity (Wildman–Crippen MR) is 129 cm³/mol. The largest absolute Gasteiger partial charge is 0.493 e. The summed E-state index contributed by atoms with van der Waals surface area (Å²) in [6, 6.07) is 7.08. The van der Waals surface area contributed by atoms with Gasteiger partial charge in [0.25, 0.3) is 5.91 Å². The zero-order chi connectivity index (χ0) is 24.7. The highest BCUT2D eigenvalue weighted by Gasteiger charge is 2.44. The highest BCUT2D eigenvalue weighted by Crippen LogP contribution is 2.35. The quantitative estimate of drug-likeness (QED) is 0.494. The van der Waals surface area contributed by atoms with Crippen LogP contribution in [0.3, 0.4) is 0 Å². The summed E-state index contributed by atoms with van der Waals surface area (Å²) in [6.07, 6.45) is 4.85. The molecule has 1 aromatic heterocycles. The standard InChI is InChI=1S/C25H34N4O6/c1-31-13-14-34-21-6-5-19(15-22(21)33-3)23(30)28-11-7-25(8-12-28)18-29(16-20(35-25)17-32-2)24-26-9-4-10-27-24/h4-6,9-10,15,20H,7-8,11-14,16-18H2,1-3H3. The molecule has 2 aromatic rings. The first-order chi connectivity index (χ1) is 17.1. The molecule has 1 aromatic carbocycles. The van der Waals surface area contributed by atoms with Crippen molar-refractivity contribution in [3.63, 3.8) is 0 Å². The molecule has 4 rings (SSSR count). The van der Waals surface area contributed by atoms with E-state index in [0.29, 0.717) is 69.0 Å². The molecule has 0 bridgehead atoms. The van der Waals surface area contributed by atoms with Gasteiger partial charge >= 0.3 is 0 Å². The molecular formula is C25H34N4O6. The molecule has 3 heterocycles. The van der Waals surface area contributed by atoms with E-state index in [0.717, 1.165) is 12.8 Å². The molecule has 2 fully saturated rings. The first-order valence-electron chi connectivity index (χ1n) is 11.9. The van der Waals surface area contributed by atoms with Gasteiger partial charge in [-0.2, -0.15) is 0 Å². The first kappa shape index (κ1) is 25.2. The Morgan fingerprint density at radius 3 is 2.54 bits per heavy atom. The Hall–Kier alpha value is -2.95. The third kappa shape index (κ3) is 6.01. The van der Waals surface area contributed by atoms with Crippen LogP contribution in [0.25, 0.3) is 0 Å². The van der Waals surface area contributed by atoms with E-state index in [2.05, 4.69) is 14.9 Å². The number of hydrogen-bond acceptors (Lipinski definition) is 9. The van der Waals surface area contributed by atoms with Gasteiger partial charge in [0.1, 0.15) is 6.61 Å². The zero-order valence-electron chi connectivity index (χ0n) is 20.6. The molecular weight excluding hydrogens is 452 g/mol. The number of rotatable bonds is 9. The van der Waals surface area contributed by atoms with Gasteiger partial charge in [-0.15, -0.1) is 0 Å². The Morgan fingerprint density at radius 1 is 1.09 bits per heavy atom. The Morgan fingerprint density at radius 2 is 1.86 bits per heavy atom. The van der Waals surface area contributed by atoms with Crippen molar-refractivity contribution in [2.75, 3.05) is 72.2 Å². The smallest absolute Gasteiger partial charge is 0.253 e. The van der Waals surface area contributed by atoms with Gasteiger partial charge in [-0.05, 0) is 37.1 Å². The van der Waals surface area contributed by atoms with Crippen molar-refractivity contribution < 1.29 is 28.5 Å². The van der Waals surface area contributed by atoms with Crippen LogP contribution in [0.5, 0.6) is 11.5 Å². The number of carbonyl (C=O) groups is 1. The van der Waals surface area contributed by atoms with E-state index in [9.17, 15) is 4.79 Å². The fourth-order valence-electron chi connectivity index (χ4n) is 4.70. The molecule has 2 aliphatic heterocycles. The van der Waals surface area contributed by atoms with Crippen molar-refractivity contribution in [3.05, 3.63) is 42.2 Å². The van der Waals surface area contributed by atoms with Crippen molar-refractivity contribution in [1.29, 1.82) is 0 Å². The normalized spacial score (nSPS) is 19.6. The van der Waals surface area contributed by atoms with Crippen molar-refractivity contribution in [1.82, 2.24) is 14.9 Å². The van der Waals surface area contributed by atoms with Gasteiger partial charge in [-0.3, -0.25) is 4.79 Å². The second kappa shape index (κ2) is 11.7. The average Bonchev–Trinajstić information content (AvgIpc) is 2.89. The van der Waals surface area contributed by atoms with Gasteiger partial charge in [0.2, 0.25) is 5.95 Å². The van der Waals surface area contributed by atoms with E-state index in [1.54, 1.807) is 51.9 Å². The summed E-state index contributed by atoms with van der Waals surface area (Å²) in [5.74, 6) is 1.77. The van der Waals surface area contributed by atoms with Gasteiger partial charge in [-0.1, -0.05) is 0 Å². The number of benzene rings is 1. The number of methoxy groups -OCH3 is 3. The van der Waals surface area contributed by atoms with E-state index in [1.165, 1.54) is 0 Å². The topological polar surface area (TPSA) is 95.5 Å². The molecule has 10 heteroatoms. The Labute approximate surface area is 206 Å². The van der Waals surface area contributed by atoms with Crippen LogP contribution in [-0.2, 0) is 14.2 Å². The van der Waals surface area contributed by atoms with E-state index in [1.807, 2.05) is 11.0 Å². The summed E-state index contributed by atoms with van der Waals surface area (Å²) in [5, 5.41) is 0. The average molecular weight is 487 g/mol. The molecule has 10 nitrogen and oxygen atoms in total. The van der Waals surface area contributed by atoms with Crippen LogP contribution >= 0.6 is 0 Å². The molecule has 1 atom stereocenters. The van der Waals surface area contributed by atoms with Crippen molar-refractivity contribution in [2.45, 2.75) is 24.5 Å². The maximum atomic E-state index is 13.3. The fourth-order valence-corrected chi connectivity index (χ4v) is 4.70. The summed E-state index contributed by atoms with van der Waals surface area (Å²) in [5.41, 5.74) is 0.187. The summed E-state index contributed by atoms with van der Waals surface area (Å²) < 4.78 is 28.1. The van der Waals surface area contributed by atoms with E-state index in [-0.39, 0.29) is 17.6 Å². The van der Waals surface area contributed by atoms with Crippen molar-refractivity contribution >= 4 is 11.9 Å². The molecule has 1 spiro atoms. The lowest BCUT2D eigenvalue weighted by molar-refractivity contribution is -0.145. The number of piperidine rings is 1. The number of nitrogens with zero attached hydrogens (tertiary/aromatic N) is 4.